The lowest BCUT2D eigenvalue weighted by Gasteiger charge is -2.11. The Labute approximate surface area is 108 Å². The molecule has 1 aromatic carbocycles. The first-order chi connectivity index (χ1) is 8.54. The Balaban J connectivity index is 2.42. The molecule has 0 radical (unpaired) electrons. The van der Waals surface area contributed by atoms with Gasteiger partial charge in [0.25, 0.3) is 0 Å². The van der Waals surface area contributed by atoms with Gasteiger partial charge in [-0.3, -0.25) is 4.79 Å². The van der Waals surface area contributed by atoms with E-state index in [1.165, 1.54) is 5.56 Å². The summed E-state index contributed by atoms with van der Waals surface area (Å²) in [5.41, 5.74) is 6.67. The minimum absolute atomic E-state index is 0.308. The van der Waals surface area contributed by atoms with E-state index in [0.29, 0.717) is 18.9 Å². The smallest absolute Gasteiger partial charge is 0.320 e. The summed E-state index contributed by atoms with van der Waals surface area (Å²) >= 11 is 0. The summed E-state index contributed by atoms with van der Waals surface area (Å²) < 4.78 is 5.45. The highest BCUT2D eigenvalue weighted by Gasteiger charge is 2.10. The van der Waals surface area contributed by atoms with Gasteiger partial charge >= 0.3 is 5.97 Å². The van der Waals surface area contributed by atoms with Crippen molar-refractivity contribution in [3.05, 3.63) is 29.8 Å². The van der Waals surface area contributed by atoms with Gasteiger partial charge in [-0.2, -0.15) is 0 Å². The van der Waals surface area contributed by atoms with Crippen LogP contribution < -0.4 is 10.5 Å². The second kappa shape index (κ2) is 7.01. The van der Waals surface area contributed by atoms with Crippen LogP contribution in [0.1, 0.15) is 38.2 Å². The first-order valence-corrected chi connectivity index (χ1v) is 6.25. The van der Waals surface area contributed by atoms with Gasteiger partial charge in [-0.05, 0) is 30.0 Å². The molecule has 0 bridgehead atoms. The molecule has 2 unspecified atom stereocenters. The third-order valence-electron chi connectivity index (χ3n) is 3.08. The van der Waals surface area contributed by atoms with Gasteiger partial charge in [-0.1, -0.05) is 26.0 Å². The average molecular weight is 251 g/mol. The molecular weight excluding hydrogens is 230 g/mol. The van der Waals surface area contributed by atoms with Crippen molar-refractivity contribution in [3.63, 3.8) is 0 Å². The number of hydrogen-bond donors (Lipinski definition) is 2. The van der Waals surface area contributed by atoms with Gasteiger partial charge in [0.1, 0.15) is 11.8 Å². The molecule has 1 rings (SSSR count). The SMILES string of the molecule is CCC(C)c1ccc(OCCC(N)C(=O)O)cc1. The number of hydrogen-bond acceptors (Lipinski definition) is 3. The number of aliphatic carboxylic acids is 1. The number of carbonyl (C=O) groups is 1. The molecule has 3 N–H and O–H groups in total. The highest BCUT2D eigenvalue weighted by molar-refractivity contribution is 5.72. The molecule has 4 nitrogen and oxygen atoms in total. The van der Waals surface area contributed by atoms with E-state index < -0.39 is 12.0 Å². The normalized spacial score (nSPS) is 13.9. The number of carboxylic acid groups (broad SMARTS) is 1. The monoisotopic (exact) mass is 251 g/mol. The van der Waals surface area contributed by atoms with E-state index in [9.17, 15) is 4.79 Å². The molecular formula is C14H21NO3. The van der Waals surface area contributed by atoms with Crippen molar-refractivity contribution in [1.29, 1.82) is 0 Å². The van der Waals surface area contributed by atoms with Gasteiger partial charge in [-0.25, -0.2) is 0 Å². The van der Waals surface area contributed by atoms with Crippen LogP contribution in [0.15, 0.2) is 24.3 Å². The summed E-state index contributed by atoms with van der Waals surface area (Å²) in [6, 6.07) is 7.05. The Morgan fingerprint density at radius 2 is 2.00 bits per heavy atom. The van der Waals surface area contributed by atoms with Gasteiger partial charge in [0.05, 0.1) is 6.61 Å². The van der Waals surface area contributed by atoms with Crippen LogP contribution in [-0.2, 0) is 4.79 Å². The largest absolute Gasteiger partial charge is 0.494 e. The highest BCUT2D eigenvalue weighted by atomic mass is 16.5. The summed E-state index contributed by atoms with van der Waals surface area (Å²) in [7, 11) is 0. The molecule has 0 aromatic heterocycles. The maximum absolute atomic E-state index is 10.5. The van der Waals surface area contributed by atoms with Gasteiger partial charge in [0.2, 0.25) is 0 Å². The molecule has 0 aliphatic heterocycles. The van der Waals surface area contributed by atoms with Crippen LogP contribution in [0.3, 0.4) is 0 Å². The quantitative estimate of drug-likeness (QED) is 0.780. The van der Waals surface area contributed by atoms with E-state index in [2.05, 4.69) is 13.8 Å². The molecule has 100 valence electrons. The topological polar surface area (TPSA) is 72.5 Å². The maximum atomic E-state index is 10.5. The molecule has 18 heavy (non-hydrogen) atoms. The third kappa shape index (κ3) is 4.37. The molecule has 0 amide bonds. The van der Waals surface area contributed by atoms with Gasteiger partial charge < -0.3 is 15.6 Å². The lowest BCUT2D eigenvalue weighted by atomic mass is 9.99. The Morgan fingerprint density at radius 1 is 1.39 bits per heavy atom. The second-order valence-corrected chi connectivity index (χ2v) is 4.46. The van der Waals surface area contributed by atoms with Crippen molar-refractivity contribution in [2.24, 2.45) is 5.73 Å². The fraction of sp³-hybridized carbons (Fsp3) is 0.500. The molecule has 0 fully saturated rings. The third-order valence-corrected chi connectivity index (χ3v) is 3.08. The van der Waals surface area contributed by atoms with Crippen LogP contribution in [0.5, 0.6) is 5.75 Å². The zero-order chi connectivity index (χ0) is 13.5. The molecule has 0 aliphatic rings. The number of carboxylic acids is 1. The number of nitrogens with two attached hydrogens (primary N) is 1. The summed E-state index contributed by atoms with van der Waals surface area (Å²) in [6.45, 7) is 4.65. The predicted octanol–water partition coefficient (Wildman–Crippen LogP) is 2.38. The lowest BCUT2D eigenvalue weighted by molar-refractivity contribution is -0.138. The molecule has 0 spiro atoms. The molecule has 0 saturated heterocycles. The van der Waals surface area contributed by atoms with Crippen LogP contribution in [0.25, 0.3) is 0 Å². The number of benzene rings is 1. The standard InChI is InChI=1S/C14H21NO3/c1-3-10(2)11-4-6-12(7-5-11)18-9-8-13(15)14(16)17/h4-7,10,13H,3,8-9,15H2,1-2H3,(H,16,17). The minimum atomic E-state index is -0.995. The van der Waals surface area contributed by atoms with Crippen molar-refractivity contribution < 1.29 is 14.6 Å². The van der Waals surface area contributed by atoms with E-state index in [-0.39, 0.29) is 0 Å². The summed E-state index contributed by atoms with van der Waals surface area (Å²) in [4.78, 5) is 10.5. The minimum Gasteiger partial charge on any atom is -0.494 e. The van der Waals surface area contributed by atoms with E-state index in [0.717, 1.165) is 12.2 Å². The molecule has 2 atom stereocenters. The van der Waals surface area contributed by atoms with Gasteiger partial charge in [-0.15, -0.1) is 0 Å². The molecule has 4 heteroatoms. The van der Waals surface area contributed by atoms with Crippen LogP contribution >= 0.6 is 0 Å². The van der Waals surface area contributed by atoms with E-state index in [1.54, 1.807) is 0 Å². The van der Waals surface area contributed by atoms with Crippen LogP contribution in [0.4, 0.5) is 0 Å². The predicted molar refractivity (Wildman–Crippen MR) is 70.9 cm³/mol. The van der Waals surface area contributed by atoms with E-state index in [4.69, 9.17) is 15.6 Å². The van der Waals surface area contributed by atoms with Crippen molar-refractivity contribution >= 4 is 5.97 Å². The Bertz CT molecular complexity index is 375. The Kier molecular flexibility index (Phi) is 5.65. The molecule has 1 aromatic rings. The first kappa shape index (κ1) is 14.5. The average Bonchev–Trinajstić information content (AvgIpc) is 2.38. The number of ether oxygens (including phenoxy) is 1. The van der Waals surface area contributed by atoms with Crippen molar-refractivity contribution in [2.45, 2.75) is 38.6 Å². The van der Waals surface area contributed by atoms with E-state index >= 15 is 0 Å². The van der Waals surface area contributed by atoms with Gasteiger partial charge in [0.15, 0.2) is 0 Å². The van der Waals surface area contributed by atoms with E-state index in [1.807, 2.05) is 24.3 Å². The fourth-order valence-electron chi connectivity index (χ4n) is 1.56. The second-order valence-electron chi connectivity index (χ2n) is 4.46. The number of rotatable bonds is 7. The summed E-state index contributed by atoms with van der Waals surface area (Å²) in [5.74, 6) is 0.296. The van der Waals surface area contributed by atoms with Crippen molar-refractivity contribution in [2.75, 3.05) is 6.61 Å². The van der Waals surface area contributed by atoms with Gasteiger partial charge in [0, 0.05) is 6.42 Å². The summed E-state index contributed by atoms with van der Waals surface area (Å²) in [5, 5.41) is 8.62. The molecule has 0 aliphatic carbocycles. The highest BCUT2D eigenvalue weighted by Crippen LogP contribution is 2.21. The zero-order valence-electron chi connectivity index (χ0n) is 10.9. The zero-order valence-corrected chi connectivity index (χ0v) is 10.9. The fourth-order valence-corrected chi connectivity index (χ4v) is 1.56. The van der Waals surface area contributed by atoms with Crippen LogP contribution in [-0.4, -0.2) is 23.7 Å². The lowest BCUT2D eigenvalue weighted by Crippen LogP contribution is -2.31. The Hall–Kier alpha value is -1.55. The molecule has 0 saturated carbocycles. The van der Waals surface area contributed by atoms with Crippen LogP contribution in [0.2, 0.25) is 0 Å². The maximum Gasteiger partial charge on any atom is 0.320 e. The Morgan fingerprint density at radius 3 is 2.50 bits per heavy atom. The van der Waals surface area contributed by atoms with Crippen molar-refractivity contribution in [3.8, 4) is 5.75 Å². The molecule has 0 heterocycles. The summed E-state index contributed by atoms with van der Waals surface area (Å²) in [6.07, 6.45) is 1.41. The van der Waals surface area contributed by atoms with Crippen molar-refractivity contribution in [1.82, 2.24) is 0 Å². The first-order valence-electron chi connectivity index (χ1n) is 6.25. The van der Waals surface area contributed by atoms with Crippen LogP contribution in [0, 0.1) is 0 Å².